The van der Waals surface area contributed by atoms with Crippen molar-refractivity contribution in [1.29, 1.82) is 0 Å². The van der Waals surface area contributed by atoms with Crippen molar-refractivity contribution >= 4 is 46.7 Å². The molecule has 2 saturated heterocycles. The van der Waals surface area contributed by atoms with Crippen molar-refractivity contribution < 1.29 is 29.0 Å². The molecule has 3 heterocycles. The summed E-state index contributed by atoms with van der Waals surface area (Å²) < 4.78 is 8.53. The summed E-state index contributed by atoms with van der Waals surface area (Å²) in [6, 6.07) is 28.6. The SMILES string of the molecule is C[C@H](O)[C@@H]1CC(=O)[C@H](C)N(Cc2ccc(Cl)cc2Oc2ccc(-c3cnc(CN(C)C)n3C)cc2)C(=O)C[C@@H](Cc2ccccc2)C(=O)N2CCC[C@@](Cc3ccc(Cl)cc3)(C2)NC1=O. The lowest BCUT2D eigenvalue weighted by Crippen LogP contribution is -2.63. The number of nitrogens with zero attached hydrogens (tertiary/aromatic N) is 5. The number of benzene rings is 4. The zero-order valence-electron chi connectivity index (χ0n) is 37.7. The van der Waals surface area contributed by atoms with E-state index in [0.29, 0.717) is 65.9 Å². The molecule has 2 aliphatic heterocycles. The maximum Gasteiger partial charge on any atom is 0.226 e. The van der Waals surface area contributed by atoms with E-state index in [9.17, 15) is 24.3 Å². The fourth-order valence-corrected chi connectivity index (χ4v) is 9.37. The van der Waals surface area contributed by atoms with Crippen molar-refractivity contribution in [3.63, 3.8) is 0 Å². The first-order valence-electron chi connectivity index (χ1n) is 22.2. The third kappa shape index (κ3) is 11.7. The van der Waals surface area contributed by atoms with Gasteiger partial charge in [-0.15, -0.1) is 0 Å². The minimum Gasteiger partial charge on any atom is -0.457 e. The summed E-state index contributed by atoms with van der Waals surface area (Å²) in [4.78, 5) is 68.6. The first-order chi connectivity index (χ1) is 31.1. The monoisotopic (exact) mass is 920 g/mol. The Morgan fingerprint density at radius 2 is 1.63 bits per heavy atom. The van der Waals surface area contributed by atoms with Crippen LogP contribution in [0.1, 0.15) is 62.0 Å². The molecular formula is C51H58Cl2N6O6. The van der Waals surface area contributed by atoms with E-state index in [1.807, 2.05) is 94.1 Å². The maximum atomic E-state index is 15.0. The molecule has 0 saturated carbocycles. The van der Waals surface area contributed by atoms with Crippen LogP contribution in [0.25, 0.3) is 11.3 Å². The molecule has 12 nitrogen and oxygen atoms in total. The predicted octanol–water partition coefficient (Wildman–Crippen LogP) is 7.90. The molecule has 2 N–H and O–H groups in total. The highest BCUT2D eigenvalue weighted by Gasteiger charge is 2.44. The van der Waals surface area contributed by atoms with Gasteiger partial charge in [-0.25, -0.2) is 4.98 Å². The number of halogens is 2. The topological polar surface area (TPSA) is 137 Å². The minimum absolute atomic E-state index is 0.0638. The minimum atomic E-state index is -1.19. The van der Waals surface area contributed by atoms with Crippen LogP contribution in [0, 0.1) is 11.8 Å². The molecule has 14 heteroatoms. The van der Waals surface area contributed by atoms with E-state index in [0.717, 1.165) is 28.2 Å². The molecule has 4 aromatic carbocycles. The van der Waals surface area contributed by atoms with Crippen molar-refractivity contribution in [2.45, 2.75) is 83.1 Å². The summed E-state index contributed by atoms with van der Waals surface area (Å²) >= 11 is 12.8. The van der Waals surface area contributed by atoms with E-state index in [4.69, 9.17) is 27.9 Å². The molecule has 65 heavy (non-hydrogen) atoms. The van der Waals surface area contributed by atoms with Crippen LogP contribution in [0.15, 0.2) is 103 Å². The third-order valence-corrected chi connectivity index (χ3v) is 13.2. The quantitative estimate of drug-likeness (QED) is 0.129. The predicted molar refractivity (Wildman–Crippen MR) is 252 cm³/mol. The number of carbonyl (C=O) groups excluding carboxylic acids is 4. The fraction of sp³-hybridized carbons (Fsp3) is 0.392. The molecule has 5 atom stereocenters. The highest BCUT2D eigenvalue weighted by molar-refractivity contribution is 6.31. The molecule has 0 aliphatic carbocycles. The molecule has 2 bridgehead atoms. The Morgan fingerprint density at radius 3 is 2.32 bits per heavy atom. The number of aliphatic hydroxyl groups is 1. The average molecular weight is 922 g/mol. The normalized spacial score (nSPS) is 21.6. The maximum absolute atomic E-state index is 15.0. The van der Waals surface area contributed by atoms with Gasteiger partial charge in [-0.3, -0.25) is 19.2 Å². The van der Waals surface area contributed by atoms with Gasteiger partial charge in [0.2, 0.25) is 17.7 Å². The van der Waals surface area contributed by atoms with E-state index in [1.165, 1.54) is 11.8 Å². The van der Waals surface area contributed by atoms with Crippen LogP contribution in [0.3, 0.4) is 0 Å². The number of imidazole rings is 1. The van der Waals surface area contributed by atoms with Crippen LogP contribution in [0.5, 0.6) is 11.5 Å². The van der Waals surface area contributed by atoms with E-state index >= 15 is 0 Å². The molecule has 0 spiro atoms. The number of piperidine rings is 1. The number of carbonyl (C=O) groups is 4. The van der Waals surface area contributed by atoms with Gasteiger partial charge in [0, 0.05) is 54.2 Å². The fourth-order valence-electron chi connectivity index (χ4n) is 9.08. The van der Waals surface area contributed by atoms with Crippen LogP contribution in [0.2, 0.25) is 10.0 Å². The van der Waals surface area contributed by atoms with Gasteiger partial charge in [-0.05, 0) is 113 Å². The van der Waals surface area contributed by atoms with Crippen LogP contribution >= 0.6 is 23.2 Å². The van der Waals surface area contributed by atoms with Crippen molar-refractivity contribution in [2.75, 3.05) is 27.2 Å². The number of ketones is 1. The molecule has 5 aromatic rings. The lowest BCUT2D eigenvalue weighted by molar-refractivity contribution is -0.148. The molecule has 2 aliphatic rings. The van der Waals surface area contributed by atoms with E-state index < -0.39 is 47.1 Å². The summed E-state index contributed by atoms with van der Waals surface area (Å²) in [5.41, 5.74) is 3.38. The molecule has 0 unspecified atom stereocenters. The zero-order chi connectivity index (χ0) is 46.4. The standard InChI is InChI=1S/C51H58Cl2N6O6/c1-33-45(61)27-43(34(2)60)49(63)55-51(28-36-12-17-40(52)18-13-36)22-9-23-58(32-51)50(64)39(24-35-10-7-6-8-11-35)25-48(62)59(33)30-38-14-19-41(53)26-46(38)65-42-20-15-37(16-21-42)44-29-54-47(57(44)5)31-56(3)4/h6-8,10-21,26,29,33-34,39,43,60H,9,22-25,27-28,30-32H2,1-5H3,(H,55,63)/t33-,34-,39+,43-,51+/m0/s1. The molecular weight excluding hydrogens is 864 g/mol. The summed E-state index contributed by atoms with van der Waals surface area (Å²) in [5.74, 6) is -1.56. The second-order valence-corrected chi connectivity index (χ2v) is 18.8. The second kappa shape index (κ2) is 20.8. The van der Waals surface area contributed by atoms with Gasteiger partial charge in [0.25, 0.3) is 0 Å². The number of nitrogens with one attached hydrogen (secondary N) is 1. The van der Waals surface area contributed by atoms with Crippen molar-refractivity contribution in [1.82, 2.24) is 29.6 Å². The van der Waals surface area contributed by atoms with Gasteiger partial charge < -0.3 is 34.4 Å². The molecule has 3 amide bonds. The van der Waals surface area contributed by atoms with Crippen LogP contribution in [0.4, 0.5) is 0 Å². The molecule has 0 radical (unpaired) electrons. The lowest BCUT2D eigenvalue weighted by Gasteiger charge is -2.45. The first-order valence-corrected chi connectivity index (χ1v) is 22.9. The third-order valence-electron chi connectivity index (χ3n) is 12.7. The van der Waals surface area contributed by atoms with Gasteiger partial charge in [0.15, 0.2) is 5.78 Å². The summed E-state index contributed by atoms with van der Waals surface area (Å²) in [6.45, 7) is 4.40. The second-order valence-electron chi connectivity index (χ2n) is 18.0. The van der Waals surface area contributed by atoms with E-state index in [1.54, 1.807) is 42.2 Å². The number of Topliss-reactive ketones (excluding diaryl/α,β-unsaturated/α-hetero) is 1. The zero-order valence-corrected chi connectivity index (χ0v) is 39.2. The Morgan fingerprint density at radius 1 is 0.923 bits per heavy atom. The van der Waals surface area contributed by atoms with Crippen LogP contribution < -0.4 is 10.1 Å². The Kier molecular flexibility index (Phi) is 15.1. The van der Waals surface area contributed by atoms with E-state index in [2.05, 4.69) is 19.8 Å². The van der Waals surface area contributed by atoms with Gasteiger partial charge in [-0.1, -0.05) is 71.7 Å². The van der Waals surface area contributed by atoms with Gasteiger partial charge in [0.05, 0.1) is 54.5 Å². The van der Waals surface area contributed by atoms with Crippen molar-refractivity contribution in [3.05, 3.63) is 136 Å². The Labute approximate surface area is 391 Å². The molecule has 7 rings (SSSR count). The molecule has 342 valence electrons. The average Bonchev–Trinajstić information content (AvgIpc) is 3.63. The summed E-state index contributed by atoms with van der Waals surface area (Å²) in [6.07, 6.45) is 2.02. The number of aliphatic hydroxyl groups excluding tert-OH is 1. The van der Waals surface area contributed by atoms with Gasteiger partial charge >= 0.3 is 0 Å². The highest BCUT2D eigenvalue weighted by atomic mass is 35.5. The smallest absolute Gasteiger partial charge is 0.226 e. The number of hydrogen-bond acceptors (Lipinski definition) is 8. The summed E-state index contributed by atoms with van der Waals surface area (Å²) in [5, 5.41) is 15.3. The first kappa shape index (κ1) is 47.4. The van der Waals surface area contributed by atoms with Crippen LogP contribution in [-0.4, -0.2) is 97.7 Å². The lowest BCUT2D eigenvalue weighted by atomic mass is 9.81. The van der Waals surface area contributed by atoms with Crippen LogP contribution in [-0.2, 0) is 52.2 Å². The largest absolute Gasteiger partial charge is 0.457 e. The summed E-state index contributed by atoms with van der Waals surface area (Å²) in [7, 11) is 5.98. The Bertz CT molecular complexity index is 2480. The van der Waals surface area contributed by atoms with Crippen molar-refractivity contribution in [2.24, 2.45) is 18.9 Å². The number of amides is 3. The van der Waals surface area contributed by atoms with Gasteiger partial charge in [-0.2, -0.15) is 0 Å². The number of hydrogen-bond donors (Lipinski definition) is 2. The van der Waals surface area contributed by atoms with Gasteiger partial charge in [0.1, 0.15) is 17.3 Å². The Hall–Kier alpha value is -5.53. The van der Waals surface area contributed by atoms with E-state index in [-0.39, 0.29) is 31.8 Å². The number of fused-ring (bicyclic) bond motifs is 2. The highest BCUT2D eigenvalue weighted by Crippen LogP contribution is 2.34. The number of aromatic nitrogens is 2. The molecule has 1 aromatic heterocycles. The Balaban J connectivity index is 1.22. The van der Waals surface area contributed by atoms with Crippen molar-refractivity contribution in [3.8, 4) is 22.8 Å². The molecule has 2 fully saturated rings. The number of rotatable bonds is 12. The number of ether oxygens (including phenoxy) is 1.